The molecule has 0 saturated carbocycles. The Morgan fingerprint density at radius 2 is 1.96 bits per heavy atom. The van der Waals surface area contributed by atoms with E-state index in [4.69, 9.17) is 16.9 Å². The lowest BCUT2D eigenvalue weighted by Gasteiger charge is -2.43. The summed E-state index contributed by atoms with van der Waals surface area (Å²) in [4.78, 5) is 40.2. The number of carboxylic acid groups (broad SMARTS) is 1. The van der Waals surface area contributed by atoms with Crippen LogP contribution in [0.5, 0.6) is 0 Å². The molecule has 138 valence electrons. The fourth-order valence-corrected chi connectivity index (χ4v) is 2.76. The third-order valence-corrected chi connectivity index (χ3v) is 4.02. The van der Waals surface area contributed by atoms with Crippen LogP contribution in [-0.4, -0.2) is 45.8 Å². The van der Waals surface area contributed by atoms with E-state index >= 15 is 0 Å². The van der Waals surface area contributed by atoms with Gasteiger partial charge in [0.2, 0.25) is 11.9 Å². The van der Waals surface area contributed by atoms with E-state index in [9.17, 15) is 19.5 Å². The fourth-order valence-electron chi connectivity index (χ4n) is 2.76. The number of nitrogens with two attached hydrogens (primary N) is 2. The Morgan fingerprint density at radius 1 is 1.35 bits per heavy atom. The van der Waals surface area contributed by atoms with Gasteiger partial charge in [-0.3, -0.25) is 10.2 Å². The monoisotopic (exact) mass is 360 g/mol. The smallest absolute Gasteiger partial charge is 0.327 e. The normalized spacial score (nSPS) is 20.9. The summed E-state index contributed by atoms with van der Waals surface area (Å²) >= 11 is 0. The minimum atomic E-state index is -1.36. The zero-order chi connectivity index (χ0) is 19.4. The first kappa shape index (κ1) is 18.9. The molecule has 1 heterocycles. The number of carbonyl (C=O) groups is 3. The average Bonchev–Trinajstić information content (AvgIpc) is 2.56. The van der Waals surface area contributed by atoms with Gasteiger partial charge in [0.05, 0.1) is 12.0 Å². The molecule has 1 aromatic carbocycles. The molecule has 2 unspecified atom stereocenters. The van der Waals surface area contributed by atoms with E-state index in [2.05, 4.69) is 10.3 Å². The number of carboxylic acids is 1. The summed E-state index contributed by atoms with van der Waals surface area (Å²) in [6, 6.07) is 6.49. The second kappa shape index (κ2) is 7.64. The van der Waals surface area contributed by atoms with Gasteiger partial charge in [-0.2, -0.15) is 0 Å². The summed E-state index contributed by atoms with van der Waals surface area (Å²) < 4.78 is 0. The Labute approximate surface area is 149 Å². The third kappa shape index (κ3) is 3.97. The van der Waals surface area contributed by atoms with Gasteiger partial charge in [-0.25, -0.2) is 19.5 Å². The maximum Gasteiger partial charge on any atom is 0.327 e. The van der Waals surface area contributed by atoms with Gasteiger partial charge in [0, 0.05) is 6.42 Å². The summed E-state index contributed by atoms with van der Waals surface area (Å²) in [5, 5.41) is 19.0. The lowest BCUT2D eigenvalue weighted by Crippen LogP contribution is -2.68. The summed E-state index contributed by atoms with van der Waals surface area (Å²) in [7, 11) is 0. The Hall–Kier alpha value is -3.43. The molecule has 0 radical (unpaired) electrons. The van der Waals surface area contributed by atoms with Gasteiger partial charge in [0.15, 0.2) is 6.04 Å². The molecule has 1 aliphatic rings. The number of amidine groups is 1. The van der Waals surface area contributed by atoms with E-state index in [1.165, 1.54) is 0 Å². The van der Waals surface area contributed by atoms with Crippen LogP contribution in [0.25, 0.3) is 0 Å². The molecule has 1 aromatic rings. The molecule has 3 atom stereocenters. The predicted molar refractivity (Wildman–Crippen MR) is 93.3 cm³/mol. The van der Waals surface area contributed by atoms with Crippen LogP contribution in [0.1, 0.15) is 24.9 Å². The summed E-state index contributed by atoms with van der Waals surface area (Å²) in [6.45, 7) is 1.72. The van der Waals surface area contributed by atoms with Crippen LogP contribution in [0.3, 0.4) is 0 Å². The number of hydrogen-bond donors (Lipinski definition) is 5. The van der Waals surface area contributed by atoms with Crippen molar-refractivity contribution in [2.45, 2.75) is 25.4 Å². The molecule has 0 aromatic heterocycles. The Kier molecular flexibility index (Phi) is 5.55. The van der Waals surface area contributed by atoms with Gasteiger partial charge in [-0.1, -0.05) is 30.3 Å². The highest BCUT2D eigenvalue weighted by molar-refractivity contribution is 6.09. The third-order valence-electron chi connectivity index (χ3n) is 4.02. The first-order valence-electron chi connectivity index (χ1n) is 7.80. The van der Waals surface area contributed by atoms with Crippen molar-refractivity contribution in [3.05, 3.63) is 35.9 Å². The molecular formula is C16H20N6O4. The number of benzene rings is 1. The van der Waals surface area contributed by atoms with Crippen molar-refractivity contribution in [1.29, 1.82) is 5.41 Å². The van der Waals surface area contributed by atoms with Crippen LogP contribution in [0, 0.1) is 11.3 Å². The first-order chi connectivity index (χ1) is 12.2. The van der Waals surface area contributed by atoms with E-state index in [-0.39, 0.29) is 12.3 Å². The number of urea groups is 1. The fraction of sp³-hybridized carbons (Fsp3) is 0.312. The van der Waals surface area contributed by atoms with Gasteiger partial charge >= 0.3 is 12.0 Å². The van der Waals surface area contributed by atoms with E-state index in [0.717, 1.165) is 5.56 Å². The van der Waals surface area contributed by atoms with Gasteiger partial charge in [0.25, 0.3) is 0 Å². The number of imide groups is 1. The molecule has 26 heavy (non-hydrogen) atoms. The Morgan fingerprint density at radius 3 is 2.50 bits per heavy atom. The molecule has 0 bridgehead atoms. The molecule has 1 aliphatic heterocycles. The van der Waals surface area contributed by atoms with Crippen molar-refractivity contribution in [3.8, 4) is 0 Å². The van der Waals surface area contributed by atoms with E-state index < -0.39 is 41.9 Å². The molecule has 0 spiro atoms. The maximum absolute atomic E-state index is 12.4. The van der Waals surface area contributed by atoms with E-state index in [1.807, 2.05) is 6.07 Å². The zero-order valence-corrected chi connectivity index (χ0v) is 14.0. The highest BCUT2D eigenvalue weighted by Gasteiger charge is 2.55. The Balaban J connectivity index is 2.09. The number of aliphatic carboxylic acids is 1. The van der Waals surface area contributed by atoms with Crippen LogP contribution in [0.2, 0.25) is 0 Å². The minimum Gasteiger partial charge on any atom is -0.480 e. The van der Waals surface area contributed by atoms with E-state index in [0.29, 0.717) is 4.90 Å². The molecule has 2 rings (SSSR count). The van der Waals surface area contributed by atoms with Crippen LogP contribution in [0.15, 0.2) is 35.3 Å². The number of aliphatic imine (C=N–C) groups is 1. The molecule has 1 saturated heterocycles. The molecule has 1 fully saturated rings. The molecule has 0 aliphatic carbocycles. The number of amides is 3. The molecule has 10 nitrogen and oxygen atoms in total. The highest BCUT2D eigenvalue weighted by Crippen LogP contribution is 2.30. The van der Waals surface area contributed by atoms with Crippen molar-refractivity contribution < 1.29 is 19.5 Å². The van der Waals surface area contributed by atoms with Crippen molar-refractivity contribution in [1.82, 2.24) is 10.2 Å². The second-order valence-corrected chi connectivity index (χ2v) is 5.87. The van der Waals surface area contributed by atoms with Gasteiger partial charge in [0.1, 0.15) is 5.84 Å². The predicted octanol–water partition coefficient (Wildman–Crippen LogP) is 0.00957. The number of guanidine groups is 1. The standard InChI is InChI=1S/C16H20N6O4/c1-8(9-5-3-2-4-6-9)20-16(26)22-12(14(24)25)10(13(22)23)7-11(17)21-15(18)19/h2-6,8,10,12H,7H2,1H3,(H,20,26)(H,24,25)(H5,17,18,19,21)/t8-,10?,12?/m1/s1. The topological polar surface area (TPSA) is 175 Å². The summed E-state index contributed by atoms with van der Waals surface area (Å²) in [5.74, 6) is -3.72. The lowest BCUT2D eigenvalue weighted by atomic mass is 9.84. The average molecular weight is 360 g/mol. The van der Waals surface area contributed by atoms with Crippen LogP contribution in [-0.2, 0) is 9.59 Å². The van der Waals surface area contributed by atoms with Crippen molar-refractivity contribution >= 4 is 29.7 Å². The SMILES string of the molecule is C[C@@H](NC(=O)N1C(=O)C(CC(N)=NC(=N)N)C1C(=O)O)c1ccccc1. The summed E-state index contributed by atoms with van der Waals surface area (Å²) in [5.41, 5.74) is 11.5. The van der Waals surface area contributed by atoms with Crippen molar-refractivity contribution in [2.24, 2.45) is 22.4 Å². The number of nitrogens with one attached hydrogen (secondary N) is 2. The largest absolute Gasteiger partial charge is 0.480 e. The molecule has 7 N–H and O–H groups in total. The number of β-lactam (4-membered cyclic amide) rings is 1. The summed E-state index contributed by atoms with van der Waals surface area (Å²) in [6.07, 6.45) is -0.201. The number of rotatable bonds is 5. The molecule has 10 heteroatoms. The highest BCUT2D eigenvalue weighted by atomic mass is 16.4. The minimum absolute atomic E-state index is 0.139. The second-order valence-electron chi connectivity index (χ2n) is 5.87. The molecule has 3 amide bonds. The van der Waals surface area contributed by atoms with Gasteiger partial charge in [-0.15, -0.1) is 0 Å². The zero-order valence-electron chi connectivity index (χ0n) is 14.0. The van der Waals surface area contributed by atoms with E-state index in [1.54, 1.807) is 31.2 Å². The van der Waals surface area contributed by atoms with Crippen molar-refractivity contribution in [3.63, 3.8) is 0 Å². The number of likely N-dealkylation sites (tertiary alicyclic amines) is 1. The number of nitrogens with zero attached hydrogens (tertiary/aromatic N) is 2. The van der Waals surface area contributed by atoms with Crippen molar-refractivity contribution in [2.75, 3.05) is 0 Å². The lowest BCUT2D eigenvalue weighted by molar-refractivity contribution is -0.165. The maximum atomic E-state index is 12.4. The van der Waals surface area contributed by atoms with Gasteiger partial charge < -0.3 is 21.9 Å². The van der Waals surface area contributed by atoms with Crippen LogP contribution in [0.4, 0.5) is 4.79 Å². The quantitative estimate of drug-likeness (QED) is 0.281. The Bertz CT molecular complexity index is 763. The number of hydrogen-bond acceptors (Lipinski definition) is 4. The molecular weight excluding hydrogens is 340 g/mol. The van der Waals surface area contributed by atoms with Crippen LogP contribution >= 0.6 is 0 Å². The van der Waals surface area contributed by atoms with Gasteiger partial charge in [-0.05, 0) is 12.5 Å². The number of carbonyl (C=O) groups excluding carboxylic acids is 2. The first-order valence-corrected chi connectivity index (χ1v) is 7.80. The van der Waals surface area contributed by atoms with Crippen LogP contribution < -0.4 is 16.8 Å².